The predicted octanol–water partition coefficient (Wildman–Crippen LogP) is 6.94. The number of aromatic nitrogens is 2. The zero-order chi connectivity index (χ0) is 22.0. The smallest absolute Gasteiger partial charge is 0.178 e. The fraction of sp³-hybridized carbons (Fsp3) is 0.185. The van der Waals surface area contributed by atoms with Gasteiger partial charge in [0.2, 0.25) is 0 Å². The summed E-state index contributed by atoms with van der Waals surface area (Å²) in [5.41, 5.74) is 7.54. The highest BCUT2D eigenvalue weighted by molar-refractivity contribution is 6.10. The van der Waals surface area contributed by atoms with E-state index >= 15 is 0 Å². The van der Waals surface area contributed by atoms with Gasteiger partial charge in [-0.2, -0.15) is 0 Å². The third-order valence-corrected chi connectivity index (χ3v) is 6.31. The molecule has 3 heterocycles. The topological polar surface area (TPSA) is 45.4 Å². The molecule has 1 aliphatic heterocycles. The Kier molecular flexibility index (Phi) is 4.02. The number of furan rings is 1. The number of aryl methyl sites for hydroxylation is 3. The number of nitrogens with zero attached hydrogens (tertiary/aromatic N) is 4. The monoisotopic (exact) mass is 420 g/mol. The van der Waals surface area contributed by atoms with E-state index in [1.807, 2.05) is 12.1 Å². The summed E-state index contributed by atoms with van der Waals surface area (Å²) in [7, 11) is 0. The minimum Gasteiger partial charge on any atom is -0.454 e. The molecule has 1 aliphatic rings. The van der Waals surface area contributed by atoms with Crippen LogP contribution in [0.5, 0.6) is 0 Å². The lowest BCUT2D eigenvalue weighted by molar-refractivity contribution is 0.662. The van der Waals surface area contributed by atoms with Crippen molar-refractivity contribution < 1.29 is 4.42 Å². The Bertz CT molecular complexity index is 1480. The Morgan fingerprint density at radius 3 is 2.22 bits per heavy atom. The van der Waals surface area contributed by atoms with Crippen LogP contribution in [0.1, 0.15) is 23.6 Å². The summed E-state index contributed by atoms with van der Waals surface area (Å²) < 4.78 is 6.41. The normalized spacial score (nSPS) is 15.7. The molecular formula is C27H24N4O. The summed E-state index contributed by atoms with van der Waals surface area (Å²) in [4.78, 5) is 14.0. The van der Waals surface area contributed by atoms with Crippen LogP contribution in [0.2, 0.25) is 0 Å². The SMILES string of the molecule is Cc1cc(C)cc(N2c3nccnc3N(c3c(C)ccc4c3oc3ccccc34)[C@@H]2C)c1. The van der Waals surface area contributed by atoms with E-state index in [0.29, 0.717) is 0 Å². The van der Waals surface area contributed by atoms with Gasteiger partial charge in [0.15, 0.2) is 17.2 Å². The van der Waals surface area contributed by atoms with E-state index in [1.165, 1.54) is 11.1 Å². The molecule has 2 aromatic heterocycles. The highest BCUT2D eigenvalue weighted by Crippen LogP contribution is 2.49. The Labute approximate surface area is 186 Å². The molecule has 0 N–H and O–H groups in total. The largest absolute Gasteiger partial charge is 0.454 e. The summed E-state index contributed by atoms with van der Waals surface area (Å²) in [6, 6.07) is 19.1. The minimum atomic E-state index is -0.0221. The van der Waals surface area contributed by atoms with Crippen molar-refractivity contribution in [3.05, 3.63) is 83.7 Å². The van der Waals surface area contributed by atoms with Crippen LogP contribution in [0.15, 0.2) is 71.4 Å². The first kappa shape index (κ1) is 18.9. The minimum absolute atomic E-state index is 0.0221. The number of hydrogen-bond acceptors (Lipinski definition) is 5. The Morgan fingerprint density at radius 2 is 1.47 bits per heavy atom. The van der Waals surface area contributed by atoms with Crippen molar-refractivity contribution in [2.24, 2.45) is 0 Å². The van der Waals surface area contributed by atoms with E-state index in [-0.39, 0.29) is 6.17 Å². The van der Waals surface area contributed by atoms with Crippen LogP contribution in [0.25, 0.3) is 21.9 Å². The number of hydrogen-bond donors (Lipinski definition) is 0. The van der Waals surface area contributed by atoms with Crippen LogP contribution < -0.4 is 9.80 Å². The van der Waals surface area contributed by atoms with Crippen molar-refractivity contribution in [3.8, 4) is 0 Å². The third kappa shape index (κ3) is 2.64. The van der Waals surface area contributed by atoms with Crippen molar-refractivity contribution in [3.63, 3.8) is 0 Å². The van der Waals surface area contributed by atoms with Crippen molar-refractivity contribution in [1.29, 1.82) is 0 Å². The molecule has 158 valence electrons. The summed E-state index contributed by atoms with van der Waals surface area (Å²) in [6.45, 7) is 8.59. The van der Waals surface area contributed by atoms with E-state index in [0.717, 1.165) is 50.5 Å². The second-order valence-electron chi connectivity index (χ2n) is 8.63. The van der Waals surface area contributed by atoms with E-state index in [9.17, 15) is 0 Å². The third-order valence-electron chi connectivity index (χ3n) is 6.31. The molecule has 0 spiro atoms. The standard InChI is InChI=1S/C27H24N4O/c1-16-13-17(2)15-20(14-16)30-19(4)31(27-26(30)28-11-12-29-27)24-18(3)9-10-22-21-7-5-6-8-23(21)32-25(22)24/h5-15,19H,1-4H3/t19-/m1/s1. The Hall–Kier alpha value is -3.86. The summed E-state index contributed by atoms with van der Waals surface area (Å²) >= 11 is 0. The molecule has 0 radical (unpaired) electrons. The zero-order valence-electron chi connectivity index (χ0n) is 18.6. The van der Waals surface area contributed by atoms with Gasteiger partial charge in [0.05, 0.1) is 5.69 Å². The molecule has 6 rings (SSSR count). The van der Waals surface area contributed by atoms with Gasteiger partial charge in [-0.25, -0.2) is 9.97 Å². The lowest BCUT2D eigenvalue weighted by Crippen LogP contribution is -2.36. The van der Waals surface area contributed by atoms with Crippen LogP contribution in [0.4, 0.5) is 23.0 Å². The maximum Gasteiger partial charge on any atom is 0.178 e. The molecule has 3 aromatic carbocycles. The maximum absolute atomic E-state index is 6.41. The van der Waals surface area contributed by atoms with E-state index < -0.39 is 0 Å². The average Bonchev–Trinajstić information content (AvgIpc) is 3.28. The second kappa shape index (κ2) is 6.82. The second-order valence-corrected chi connectivity index (χ2v) is 8.63. The summed E-state index contributed by atoms with van der Waals surface area (Å²) in [5.74, 6) is 1.70. The number of benzene rings is 3. The predicted molar refractivity (Wildman–Crippen MR) is 130 cm³/mol. The fourth-order valence-electron chi connectivity index (χ4n) is 5.03. The average molecular weight is 421 g/mol. The van der Waals surface area contributed by atoms with Gasteiger partial charge in [-0.1, -0.05) is 36.4 Å². The van der Waals surface area contributed by atoms with Gasteiger partial charge >= 0.3 is 0 Å². The molecule has 0 bridgehead atoms. The zero-order valence-corrected chi connectivity index (χ0v) is 18.6. The van der Waals surface area contributed by atoms with Crippen LogP contribution in [0, 0.1) is 20.8 Å². The van der Waals surface area contributed by atoms with E-state index in [2.05, 4.69) is 80.0 Å². The number of para-hydroxylation sites is 1. The fourth-order valence-corrected chi connectivity index (χ4v) is 5.03. The van der Waals surface area contributed by atoms with Crippen LogP contribution in [-0.4, -0.2) is 16.1 Å². The van der Waals surface area contributed by atoms with Crippen LogP contribution >= 0.6 is 0 Å². The molecule has 0 fully saturated rings. The van der Waals surface area contributed by atoms with Gasteiger partial charge in [0.25, 0.3) is 0 Å². The summed E-state index contributed by atoms with van der Waals surface area (Å²) in [5, 5.41) is 2.24. The number of rotatable bonds is 2. The molecule has 5 heteroatoms. The van der Waals surface area contributed by atoms with Gasteiger partial charge < -0.3 is 9.32 Å². The maximum atomic E-state index is 6.41. The molecule has 1 atom stereocenters. The van der Waals surface area contributed by atoms with Crippen molar-refractivity contribution in [1.82, 2.24) is 9.97 Å². The lowest BCUT2D eigenvalue weighted by atomic mass is 10.1. The van der Waals surface area contributed by atoms with Crippen molar-refractivity contribution in [2.75, 3.05) is 9.80 Å². The van der Waals surface area contributed by atoms with Crippen molar-refractivity contribution in [2.45, 2.75) is 33.9 Å². The van der Waals surface area contributed by atoms with Crippen molar-refractivity contribution >= 4 is 44.9 Å². The molecule has 0 unspecified atom stereocenters. The summed E-state index contributed by atoms with van der Waals surface area (Å²) in [6.07, 6.45) is 3.50. The van der Waals surface area contributed by atoms with Gasteiger partial charge in [0.1, 0.15) is 11.7 Å². The van der Waals surface area contributed by atoms with E-state index in [1.54, 1.807) is 12.4 Å². The molecule has 0 saturated heterocycles. The van der Waals surface area contributed by atoms with Crippen LogP contribution in [-0.2, 0) is 0 Å². The highest BCUT2D eigenvalue weighted by atomic mass is 16.3. The molecule has 0 aliphatic carbocycles. The highest BCUT2D eigenvalue weighted by Gasteiger charge is 2.39. The molecule has 32 heavy (non-hydrogen) atoms. The van der Waals surface area contributed by atoms with E-state index in [4.69, 9.17) is 14.4 Å². The molecule has 5 aromatic rings. The molecule has 0 saturated carbocycles. The Balaban J connectivity index is 1.61. The first-order valence-electron chi connectivity index (χ1n) is 10.9. The van der Waals surface area contributed by atoms with Crippen LogP contribution in [0.3, 0.4) is 0 Å². The lowest BCUT2D eigenvalue weighted by Gasteiger charge is -2.30. The molecular weight excluding hydrogens is 396 g/mol. The number of anilines is 4. The van der Waals surface area contributed by atoms with Gasteiger partial charge in [-0.3, -0.25) is 4.90 Å². The molecule has 5 nitrogen and oxygen atoms in total. The quantitative estimate of drug-likeness (QED) is 0.310. The van der Waals surface area contributed by atoms with Gasteiger partial charge in [-0.15, -0.1) is 0 Å². The Morgan fingerprint density at radius 1 is 0.781 bits per heavy atom. The number of fused-ring (bicyclic) bond motifs is 4. The first-order valence-corrected chi connectivity index (χ1v) is 10.9. The van der Waals surface area contributed by atoms with Gasteiger partial charge in [-0.05, 0) is 62.6 Å². The molecule has 0 amide bonds. The van der Waals surface area contributed by atoms with Gasteiger partial charge in [0, 0.05) is 28.9 Å². The first-order chi connectivity index (χ1) is 15.5.